The molecule has 0 aliphatic heterocycles. The third-order valence-corrected chi connectivity index (χ3v) is 2.73. The molecule has 0 fully saturated rings. The van der Waals surface area contributed by atoms with Gasteiger partial charge in [0, 0.05) is 19.6 Å². The first-order chi connectivity index (χ1) is 11.7. The highest BCUT2D eigenvalue weighted by Crippen LogP contribution is 2.08. The summed E-state index contributed by atoms with van der Waals surface area (Å²) in [5.74, 6) is 0.571. The highest BCUT2D eigenvalue weighted by Gasteiger charge is 2.15. The zero-order chi connectivity index (χ0) is 18.9. The van der Waals surface area contributed by atoms with Crippen LogP contribution in [0.2, 0.25) is 0 Å². The summed E-state index contributed by atoms with van der Waals surface area (Å²) >= 11 is 0. The molecule has 5 N–H and O–H groups in total. The Morgan fingerprint density at radius 1 is 1.19 bits per heavy atom. The van der Waals surface area contributed by atoms with Crippen LogP contribution in [0, 0.1) is 0 Å². The molecule has 1 rings (SSSR count). The van der Waals surface area contributed by atoms with E-state index in [1.807, 2.05) is 6.92 Å². The van der Waals surface area contributed by atoms with Gasteiger partial charge in [0.05, 0.1) is 0 Å². The number of rotatable bonds is 7. The second-order valence-electron chi connectivity index (χ2n) is 6.18. The number of carbonyl (C=O) groups excluding carboxylic acids is 2. The molecule has 1 aromatic heterocycles. The van der Waals surface area contributed by atoms with Gasteiger partial charge >= 0.3 is 6.09 Å². The average Bonchev–Trinajstić information content (AvgIpc) is 2.96. The van der Waals surface area contributed by atoms with Crippen molar-refractivity contribution in [1.29, 1.82) is 0 Å². The van der Waals surface area contributed by atoms with E-state index in [0.29, 0.717) is 31.4 Å². The first-order valence-corrected chi connectivity index (χ1v) is 8.09. The predicted octanol–water partition coefficient (Wildman–Crippen LogP) is 1.58. The monoisotopic (exact) mass is 481 g/mol. The van der Waals surface area contributed by atoms with Crippen LogP contribution in [-0.4, -0.2) is 43.2 Å². The van der Waals surface area contributed by atoms with E-state index in [9.17, 15) is 9.59 Å². The summed E-state index contributed by atoms with van der Waals surface area (Å²) in [6, 6.07) is 3.16. The van der Waals surface area contributed by atoms with E-state index in [1.54, 1.807) is 26.8 Å². The molecule has 0 saturated heterocycles. The van der Waals surface area contributed by atoms with Crippen LogP contribution in [0.3, 0.4) is 0 Å². The fourth-order valence-corrected chi connectivity index (χ4v) is 1.75. The van der Waals surface area contributed by atoms with Crippen LogP contribution in [0.5, 0.6) is 0 Å². The number of aliphatic imine (C=N–C) groups is 1. The van der Waals surface area contributed by atoms with Crippen LogP contribution in [0.25, 0.3) is 0 Å². The normalized spacial score (nSPS) is 11.3. The van der Waals surface area contributed by atoms with E-state index in [2.05, 4.69) is 20.9 Å². The molecule has 1 aromatic rings. The minimum Gasteiger partial charge on any atom is -0.454 e. The molecular weight excluding hydrogens is 453 g/mol. The van der Waals surface area contributed by atoms with Gasteiger partial charge in [0.2, 0.25) is 0 Å². The SMILES string of the molecule is CCNC(=NCc1ccc(C(N)=O)o1)NCCNC(=O)OC(C)(C)C.I. The summed E-state index contributed by atoms with van der Waals surface area (Å²) in [6.45, 7) is 9.13. The largest absolute Gasteiger partial charge is 0.454 e. The predicted molar refractivity (Wildman–Crippen MR) is 110 cm³/mol. The van der Waals surface area contributed by atoms with E-state index < -0.39 is 17.6 Å². The number of nitrogens with zero attached hydrogens (tertiary/aromatic N) is 1. The first-order valence-electron chi connectivity index (χ1n) is 8.09. The molecule has 0 aliphatic carbocycles. The van der Waals surface area contributed by atoms with Gasteiger partial charge in [0.1, 0.15) is 17.9 Å². The third kappa shape index (κ3) is 10.1. The van der Waals surface area contributed by atoms with Gasteiger partial charge in [-0.05, 0) is 39.8 Å². The molecule has 1 heterocycles. The average molecular weight is 481 g/mol. The zero-order valence-electron chi connectivity index (χ0n) is 15.5. The molecule has 0 bridgehead atoms. The quantitative estimate of drug-likeness (QED) is 0.203. The Kier molecular flexibility index (Phi) is 10.7. The van der Waals surface area contributed by atoms with Gasteiger partial charge in [0.25, 0.3) is 5.91 Å². The van der Waals surface area contributed by atoms with Gasteiger partial charge in [0.15, 0.2) is 11.7 Å². The fraction of sp³-hybridized carbons (Fsp3) is 0.562. The molecule has 26 heavy (non-hydrogen) atoms. The Labute approximate surface area is 170 Å². The Balaban J connectivity index is 0.00000625. The molecule has 0 spiro atoms. The highest BCUT2D eigenvalue weighted by atomic mass is 127. The van der Waals surface area contributed by atoms with E-state index in [4.69, 9.17) is 14.9 Å². The Bertz CT molecular complexity index is 610. The Hall–Kier alpha value is -1.98. The lowest BCUT2D eigenvalue weighted by atomic mass is 10.2. The summed E-state index contributed by atoms with van der Waals surface area (Å²) < 4.78 is 10.4. The van der Waals surface area contributed by atoms with E-state index in [1.165, 1.54) is 6.07 Å². The molecule has 148 valence electrons. The molecule has 0 saturated carbocycles. The lowest BCUT2D eigenvalue weighted by Gasteiger charge is -2.19. The van der Waals surface area contributed by atoms with Crippen molar-refractivity contribution < 1.29 is 18.7 Å². The van der Waals surface area contributed by atoms with Gasteiger partial charge < -0.3 is 30.8 Å². The number of nitrogens with two attached hydrogens (primary N) is 1. The van der Waals surface area contributed by atoms with E-state index >= 15 is 0 Å². The van der Waals surface area contributed by atoms with Crippen LogP contribution in [0.4, 0.5) is 4.79 Å². The fourth-order valence-electron chi connectivity index (χ4n) is 1.75. The second-order valence-corrected chi connectivity index (χ2v) is 6.18. The minimum atomic E-state index is -0.617. The number of amides is 2. The van der Waals surface area contributed by atoms with Crippen LogP contribution < -0.4 is 21.7 Å². The van der Waals surface area contributed by atoms with Crippen molar-refractivity contribution in [2.24, 2.45) is 10.7 Å². The molecule has 0 radical (unpaired) electrons. The van der Waals surface area contributed by atoms with Crippen LogP contribution in [0.15, 0.2) is 21.5 Å². The molecule has 10 heteroatoms. The summed E-state index contributed by atoms with van der Waals surface area (Å²) in [6.07, 6.45) is -0.467. The van der Waals surface area contributed by atoms with Crippen molar-refractivity contribution in [3.63, 3.8) is 0 Å². The topological polar surface area (TPSA) is 131 Å². The van der Waals surface area contributed by atoms with Crippen molar-refractivity contribution in [1.82, 2.24) is 16.0 Å². The number of halogens is 1. The lowest BCUT2D eigenvalue weighted by Crippen LogP contribution is -2.42. The van der Waals surface area contributed by atoms with Gasteiger partial charge in [-0.2, -0.15) is 0 Å². The number of guanidine groups is 1. The van der Waals surface area contributed by atoms with Crippen molar-refractivity contribution in [2.45, 2.75) is 39.8 Å². The van der Waals surface area contributed by atoms with E-state index in [-0.39, 0.29) is 36.3 Å². The van der Waals surface area contributed by atoms with Gasteiger partial charge in [-0.3, -0.25) is 4.79 Å². The summed E-state index contributed by atoms with van der Waals surface area (Å²) in [5.41, 5.74) is 4.61. The second kappa shape index (κ2) is 11.6. The standard InChI is InChI=1S/C16H27N5O4.HI/c1-5-18-14(19-8-9-20-15(23)25-16(2,3)4)21-10-11-6-7-12(24-11)13(17)22;/h6-7H,5,8-10H2,1-4H3,(H2,17,22)(H,20,23)(H2,18,19,21);1H. The number of carbonyl (C=O) groups is 2. The number of furan rings is 1. The van der Waals surface area contributed by atoms with Crippen LogP contribution in [-0.2, 0) is 11.3 Å². The number of nitrogens with one attached hydrogen (secondary N) is 3. The Morgan fingerprint density at radius 3 is 2.38 bits per heavy atom. The molecule has 0 aromatic carbocycles. The smallest absolute Gasteiger partial charge is 0.407 e. The maximum Gasteiger partial charge on any atom is 0.407 e. The van der Waals surface area contributed by atoms with Crippen molar-refractivity contribution in [3.8, 4) is 0 Å². The van der Waals surface area contributed by atoms with Gasteiger partial charge in [-0.15, -0.1) is 24.0 Å². The van der Waals surface area contributed by atoms with Gasteiger partial charge in [-0.1, -0.05) is 0 Å². The lowest BCUT2D eigenvalue weighted by molar-refractivity contribution is 0.0528. The zero-order valence-corrected chi connectivity index (χ0v) is 17.9. The molecule has 0 atom stereocenters. The first kappa shape index (κ1) is 24.0. The Morgan fingerprint density at radius 2 is 1.85 bits per heavy atom. The highest BCUT2D eigenvalue weighted by molar-refractivity contribution is 14.0. The summed E-state index contributed by atoms with van der Waals surface area (Å²) in [7, 11) is 0. The van der Waals surface area contributed by atoms with Crippen LogP contribution >= 0.6 is 24.0 Å². The summed E-state index contributed by atoms with van der Waals surface area (Å²) in [5, 5.41) is 8.79. The number of hydrogen-bond donors (Lipinski definition) is 4. The maximum absolute atomic E-state index is 11.5. The van der Waals surface area contributed by atoms with Crippen LogP contribution in [0.1, 0.15) is 44.0 Å². The molecule has 0 aliphatic rings. The molecule has 9 nitrogen and oxygen atoms in total. The number of primary amides is 1. The summed E-state index contributed by atoms with van der Waals surface area (Å²) in [4.78, 5) is 26.9. The maximum atomic E-state index is 11.5. The number of ether oxygens (including phenoxy) is 1. The van der Waals surface area contributed by atoms with Crippen molar-refractivity contribution in [2.75, 3.05) is 19.6 Å². The minimum absolute atomic E-state index is 0. The number of hydrogen-bond acceptors (Lipinski definition) is 5. The number of alkyl carbamates (subject to hydrolysis) is 1. The van der Waals surface area contributed by atoms with Crippen molar-refractivity contribution >= 4 is 41.9 Å². The molecular formula is C16H28IN5O4. The molecule has 2 amide bonds. The van der Waals surface area contributed by atoms with Crippen molar-refractivity contribution in [3.05, 3.63) is 23.7 Å². The third-order valence-electron chi connectivity index (χ3n) is 2.73. The van der Waals surface area contributed by atoms with Gasteiger partial charge in [-0.25, -0.2) is 9.79 Å². The van der Waals surface area contributed by atoms with E-state index in [0.717, 1.165) is 0 Å². The molecule has 0 unspecified atom stereocenters.